The number of imidazole rings is 1. The third-order valence-corrected chi connectivity index (χ3v) is 10.9. The summed E-state index contributed by atoms with van der Waals surface area (Å²) in [7, 11) is 0.384. The van der Waals surface area contributed by atoms with Crippen molar-refractivity contribution < 1.29 is 13.2 Å². The molecule has 1 saturated heterocycles. The smallest absolute Gasteiger partial charge is 0.243 e. The Morgan fingerprint density at radius 2 is 1.64 bits per heavy atom. The zero-order chi connectivity index (χ0) is 33.0. The van der Waals surface area contributed by atoms with Gasteiger partial charge in [-0.3, -0.25) is 0 Å². The van der Waals surface area contributed by atoms with E-state index in [-0.39, 0.29) is 10.9 Å². The first-order valence-electron chi connectivity index (χ1n) is 16.1. The number of sulfonamides is 1. The lowest BCUT2D eigenvalue weighted by atomic mass is 9.95. The van der Waals surface area contributed by atoms with Crippen molar-refractivity contribution in [1.82, 2.24) is 18.8 Å². The Labute approximate surface area is 276 Å². The first kappa shape index (κ1) is 32.5. The van der Waals surface area contributed by atoms with Crippen molar-refractivity contribution in [1.29, 1.82) is 0 Å². The number of aromatic nitrogens is 3. The lowest BCUT2D eigenvalue weighted by molar-refractivity contribution is 0.0847. The lowest BCUT2D eigenvalue weighted by Crippen LogP contribution is -2.38. The van der Waals surface area contributed by atoms with Crippen LogP contribution in [0.2, 0.25) is 0 Å². The van der Waals surface area contributed by atoms with E-state index in [0.29, 0.717) is 49.2 Å². The van der Waals surface area contributed by atoms with E-state index in [0.717, 1.165) is 53.5 Å². The fourth-order valence-electron chi connectivity index (χ4n) is 6.12. The van der Waals surface area contributed by atoms with Crippen molar-refractivity contribution in [2.45, 2.75) is 43.5 Å². The molecular formula is C35H42N8O3S. The number of para-hydroxylation sites is 1. The molecule has 1 aliphatic rings. The largest absolute Gasteiger partial charge is 0.382 e. The molecule has 6 rings (SSSR count). The molecule has 0 spiro atoms. The number of hydrogen-bond acceptors (Lipinski definition) is 9. The Hall–Kier alpha value is -4.39. The summed E-state index contributed by atoms with van der Waals surface area (Å²) in [6.45, 7) is 4.33. The van der Waals surface area contributed by atoms with Gasteiger partial charge in [-0.1, -0.05) is 25.1 Å². The summed E-state index contributed by atoms with van der Waals surface area (Å²) >= 11 is 0. The van der Waals surface area contributed by atoms with E-state index in [1.54, 1.807) is 28.6 Å². The third kappa shape index (κ3) is 7.14. The van der Waals surface area contributed by atoms with Crippen LogP contribution in [0.25, 0.3) is 21.9 Å². The molecule has 5 aromatic rings. The highest BCUT2D eigenvalue weighted by Crippen LogP contribution is 2.31. The molecule has 0 amide bonds. The SMILES string of the molecule is CCC(COCCC1CCN(S(=O)(=O)c2ccc(N=Nc3ccc(N(C)C)cc3)cc2)CC1)n1cnc2c(N)nc3ccccc3c21. The standard InChI is InChI=1S/C35H42N8O3S/c1-4-28(43-24-37-33-34(43)31-7-5-6-8-32(31)38-35(33)36)23-46-22-19-25-17-20-42(21-18-25)47(44,45)30-15-11-27(12-16-30)40-39-26-9-13-29(14-10-26)41(2)3/h5-16,24-25,28H,4,17-23H2,1-3H3,(H2,36,38). The van der Waals surface area contributed by atoms with Crippen LogP contribution in [0, 0.1) is 5.92 Å². The minimum Gasteiger partial charge on any atom is -0.382 e. The van der Waals surface area contributed by atoms with E-state index in [4.69, 9.17) is 10.5 Å². The molecule has 0 radical (unpaired) electrons. The molecule has 11 nitrogen and oxygen atoms in total. The maximum atomic E-state index is 13.4. The zero-order valence-corrected chi connectivity index (χ0v) is 28.0. The van der Waals surface area contributed by atoms with Crippen LogP contribution in [0.1, 0.15) is 38.6 Å². The van der Waals surface area contributed by atoms with Crippen LogP contribution in [0.5, 0.6) is 0 Å². The normalized spacial score (nSPS) is 15.6. The molecule has 0 bridgehead atoms. The predicted molar refractivity (Wildman–Crippen MR) is 187 cm³/mol. The number of hydrogen-bond donors (Lipinski definition) is 1. The van der Waals surface area contributed by atoms with Gasteiger partial charge >= 0.3 is 0 Å². The molecule has 0 aliphatic carbocycles. The van der Waals surface area contributed by atoms with Crippen LogP contribution in [-0.2, 0) is 14.8 Å². The number of benzene rings is 3. The summed E-state index contributed by atoms with van der Waals surface area (Å²) in [4.78, 5) is 11.4. The highest BCUT2D eigenvalue weighted by molar-refractivity contribution is 7.89. The number of pyridine rings is 1. The number of anilines is 2. The predicted octanol–water partition coefficient (Wildman–Crippen LogP) is 7.11. The van der Waals surface area contributed by atoms with Gasteiger partial charge in [0.1, 0.15) is 5.52 Å². The second-order valence-electron chi connectivity index (χ2n) is 12.2. The molecular weight excluding hydrogens is 613 g/mol. The van der Waals surface area contributed by atoms with E-state index < -0.39 is 10.0 Å². The van der Waals surface area contributed by atoms with Gasteiger partial charge in [0.2, 0.25) is 10.0 Å². The molecule has 246 valence electrons. The van der Waals surface area contributed by atoms with Crippen LogP contribution in [0.15, 0.2) is 94.2 Å². The summed E-state index contributed by atoms with van der Waals surface area (Å²) in [5.41, 5.74) is 11.2. The lowest BCUT2D eigenvalue weighted by Gasteiger charge is -2.31. The number of rotatable bonds is 12. The van der Waals surface area contributed by atoms with Crippen LogP contribution >= 0.6 is 0 Å². The summed E-state index contributed by atoms with van der Waals surface area (Å²) < 4.78 is 36.7. The minimum absolute atomic E-state index is 0.111. The molecule has 1 atom stereocenters. The Kier molecular flexibility index (Phi) is 9.81. The quantitative estimate of drug-likeness (QED) is 0.112. The van der Waals surface area contributed by atoms with Gasteiger partial charge < -0.3 is 19.9 Å². The van der Waals surface area contributed by atoms with Gasteiger partial charge in [-0.15, -0.1) is 0 Å². The van der Waals surface area contributed by atoms with Crippen molar-refractivity contribution in [2.24, 2.45) is 16.1 Å². The van der Waals surface area contributed by atoms with E-state index >= 15 is 0 Å². The zero-order valence-electron chi connectivity index (χ0n) is 27.2. The van der Waals surface area contributed by atoms with Crippen molar-refractivity contribution in [3.63, 3.8) is 0 Å². The van der Waals surface area contributed by atoms with Gasteiger partial charge in [0.05, 0.1) is 46.3 Å². The monoisotopic (exact) mass is 654 g/mol. The Morgan fingerprint density at radius 1 is 0.979 bits per heavy atom. The van der Waals surface area contributed by atoms with Gasteiger partial charge in [0, 0.05) is 44.9 Å². The Balaban J connectivity index is 0.987. The average molecular weight is 655 g/mol. The van der Waals surface area contributed by atoms with Crippen molar-refractivity contribution in [3.05, 3.63) is 79.1 Å². The topological polar surface area (TPSA) is 131 Å². The summed E-state index contributed by atoms with van der Waals surface area (Å²) in [6, 6.07) is 22.4. The van der Waals surface area contributed by atoms with Crippen LogP contribution < -0.4 is 10.6 Å². The molecule has 12 heteroatoms. The number of ether oxygens (including phenoxy) is 1. The number of piperidine rings is 1. The summed E-state index contributed by atoms with van der Waals surface area (Å²) in [6.07, 6.45) is 5.23. The fraction of sp³-hybridized carbons (Fsp3) is 0.371. The highest BCUT2D eigenvalue weighted by atomic mass is 32.2. The maximum absolute atomic E-state index is 13.4. The number of nitrogens with zero attached hydrogens (tertiary/aromatic N) is 7. The van der Waals surface area contributed by atoms with Crippen molar-refractivity contribution in [2.75, 3.05) is 51.0 Å². The number of nitrogen functional groups attached to an aromatic ring is 1. The molecule has 2 aromatic heterocycles. The molecule has 0 saturated carbocycles. The van der Waals surface area contributed by atoms with Gasteiger partial charge in [-0.2, -0.15) is 14.5 Å². The van der Waals surface area contributed by atoms with E-state index in [1.807, 2.05) is 67.8 Å². The second kappa shape index (κ2) is 14.2. The van der Waals surface area contributed by atoms with Gasteiger partial charge in [-0.05, 0) is 86.2 Å². The van der Waals surface area contributed by atoms with Gasteiger partial charge in [-0.25, -0.2) is 18.4 Å². The van der Waals surface area contributed by atoms with Crippen LogP contribution in [-0.4, -0.2) is 67.7 Å². The van der Waals surface area contributed by atoms with Gasteiger partial charge in [0.15, 0.2) is 5.82 Å². The Morgan fingerprint density at radius 3 is 2.30 bits per heavy atom. The molecule has 3 aromatic carbocycles. The first-order valence-corrected chi connectivity index (χ1v) is 17.6. The maximum Gasteiger partial charge on any atom is 0.243 e. The molecule has 1 unspecified atom stereocenters. The number of nitrogens with two attached hydrogens (primary N) is 1. The molecule has 2 N–H and O–H groups in total. The molecule has 1 fully saturated rings. The minimum atomic E-state index is -3.58. The molecule has 47 heavy (non-hydrogen) atoms. The van der Waals surface area contributed by atoms with Gasteiger partial charge in [0.25, 0.3) is 0 Å². The summed E-state index contributed by atoms with van der Waals surface area (Å²) in [5.74, 6) is 0.850. The number of azo groups is 1. The highest BCUT2D eigenvalue weighted by Gasteiger charge is 2.29. The number of fused-ring (bicyclic) bond motifs is 3. The Bertz CT molecular complexity index is 1950. The van der Waals surface area contributed by atoms with Crippen molar-refractivity contribution in [3.8, 4) is 0 Å². The molecule has 1 aliphatic heterocycles. The van der Waals surface area contributed by atoms with Crippen LogP contribution in [0.4, 0.5) is 22.9 Å². The fourth-order valence-corrected chi connectivity index (χ4v) is 7.59. The third-order valence-electron chi connectivity index (χ3n) is 8.98. The molecule has 3 heterocycles. The second-order valence-corrected chi connectivity index (χ2v) is 14.2. The van der Waals surface area contributed by atoms with E-state index in [9.17, 15) is 8.42 Å². The van der Waals surface area contributed by atoms with Crippen molar-refractivity contribution >= 4 is 54.8 Å². The van der Waals surface area contributed by atoms with E-state index in [1.165, 1.54) is 0 Å². The van der Waals surface area contributed by atoms with E-state index in [2.05, 4.69) is 37.8 Å². The summed E-state index contributed by atoms with van der Waals surface area (Å²) in [5, 5.41) is 9.57. The van der Waals surface area contributed by atoms with Crippen LogP contribution in [0.3, 0.4) is 0 Å². The average Bonchev–Trinajstić information content (AvgIpc) is 3.54. The first-order chi connectivity index (χ1) is 22.7.